The number of nitrogens with one attached hydrogen (secondary N) is 1. The number of sulfonamides is 1. The number of rotatable bonds is 4. The molecule has 0 aromatic heterocycles. The highest BCUT2D eigenvalue weighted by atomic mass is 32.2. The van der Waals surface area contributed by atoms with Gasteiger partial charge in [-0.2, -0.15) is 17.9 Å². The quantitative estimate of drug-likeness (QED) is 0.746. The number of hydrogen-bond acceptors (Lipinski definition) is 3. The minimum atomic E-state index is -4.63. The van der Waals surface area contributed by atoms with E-state index < -0.39 is 26.7 Å². The molecule has 2 aromatic rings. The second-order valence-corrected chi connectivity index (χ2v) is 8.47. The molecule has 0 bridgehead atoms. The fraction of sp³-hybridized carbons (Fsp3) is 0.286. The molecule has 1 amide bonds. The van der Waals surface area contributed by atoms with Crippen molar-refractivity contribution in [1.82, 2.24) is 4.72 Å². The van der Waals surface area contributed by atoms with Gasteiger partial charge in [-0.15, -0.1) is 0 Å². The third-order valence-electron chi connectivity index (χ3n) is 4.56. The molecule has 1 aliphatic rings. The van der Waals surface area contributed by atoms with E-state index in [1.807, 2.05) is 0 Å². The van der Waals surface area contributed by atoms with E-state index in [0.29, 0.717) is 24.6 Å². The molecule has 0 saturated carbocycles. The van der Waals surface area contributed by atoms with Crippen molar-refractivity contribution >= 4 is 21.6 Å². The Hall–Kier alpha value is -2.83. The van der Waals surface area contributed by atoms with Crippen LogP contribution in [0.25, 0.3) is 0 Å². The maximum atomic E-state index is 12.8. The zero-order valence-corrected chi connectivity index (χ0v) is 16.7. The van der Waals surface area contributed by atoms with Crippen LogP contribution in [0.2, 0.25) is 0 Å². The molecule has 1 heterocycles. The highest BCUT2D eigenvalue weighted by Gasteiger charge is 2.31. The molecule has 0 radical (unpaired) electrons. The maximum absolute atomic E-state index is 12.8. The number of carbonyl (C=O) groups is 1. The van der Waals surface area contributed by atoms with E-state index in [2.05, 4.69) is 16.6 Å². The van der Waals surface area contributed by atoms with Crippen molar-refractivity contribution in [3.05, 3.63) is 59.7 Å². The zero-order chi connectivity index (χ0) is 21.8. The summed E-state index contributed by atoms with van der Waals surface area (Å²) in [6, 6.07) is 10.5. The van der Waals surface area contributed by atoms with Gasteiger partial charge in [0.2, 0.25) is 15.9 Å². The summed E-state index contributed by atoms with van der Waals surface area (Å²) in [5.74, 6) is 5.51. The summed E-state index contributed by atoms with van der Waals surface area (Å²) in [4.78, 5) is 13.2. The minimum absolute atomic E-state index is 0.0871. The molecule has 2 aromatic carbocycles. The molecule has 1 N–H and O–H groups in total. The molecule has 158 valence electrons. The minimum Gasteiger partial charge on any atom is -0.312 e. The van der Waals surface area contributed by atoms with Gasteiger partial charge in [-0.3, -0.25) is 4.79 Å². The van der Waals surface area contributed by atoms with Crippen LogP contribution in [0.5, 0.6) is 0 Å². The Labute approximate surface area is 172 Å². The number of carbonyl (C=O) groups excluding carboxylic acids is 1. The molecule has 1 fully saturated rings. The molecule has 1 saturated heterocycles. The highest BCUT2D eigenvalue weighted by Crippen LogP contribution is 2.30. The summed E-state index contributed by atoms with van der Waals surface area (Å²) < 4.78 is 64.8. The third-order valence-corrected chi connectivity index (χ3v) is 5.96. The van der Waals surface area contributed by atoms with Gasteiger partial charge in [0.05, 0.1) is 17.0 Å². The van der Waals surface area contributed by atoms with Crippen molar-refractivity contribution in [1.29, 1.82) is 0 Å². The maximum Gasteiger partial charge on any atom is 0.416 e. The van der Waals surface area contributed by atoms with Crippen LogP contribution in [-0.4, -0.2) is 27.4 Å². The standard InChI is InChI=1S/C21H19F3N2O3S/c22-21(23,24)17-6-3-7-19(15-17)30(28,29)25-13-4-5-16-9-11-18(12-10-16)26-14-2-1-8-20(26)27/h3,6-7,9-12,15,25H,1-2,8,13-14H2. The van der Waals surface area contributed by atoms with Gasteiger partial charge in [-0.1, -0.05) is 17.9 Å². The van der Waals surface area contributed by atoms with Crippen LogP contribution in [-0.2, 0) is 21.0 Å². The molecule has 0 spiro atoms. The molecule has 0 atom stereocenters. The number of alkyl halides is 3. The average Bonchev–Trinajstić information content (AvgIpc) is 2.72. The molecule has 9 heteroatoms. The van der Waals surface area contributed by atoms with Crippen molar-refractivity contribution in [2.75, 3.05) is 18.0 Å². The van der Waals surface area contributed by atoms with E-state index in [9.17, 15) is 26.4 Å². The first kappa shape index (κ1) is 21.9. The molecule has 5 nitrogen and oxygen atoms in total. The van der Waals surface area contributed by atoms with Crippen molar-refractivity contribution in [2.45, 2.75) is 30.3 Å². The predicted molar refractivity (Wildman–Crippen MR) is 106 cm³/mol. The third kappa shape index (κ3) is 5.40. The van der Waals surface area contributed by atoms with Crippen molar-refractivity contribution in [3.8, 4) is 11.8 Å². The van der Waals surface area contributed by atoms with Gasteiger partial charge >= 0.3 is 6.18 Å². The number of halogens is 3. The van der Waals surface area contributed by atoms with E-state index in [1.54, 1.807) is 29.2 Å². The fourth-order valence-electron chi connectivity index (χ4n) is 3.00. The second kappa shape index (κ2) is 8.90. The first-order valence-corrected chi connectivity index (χ1v) is 10.7. The van der Waals surface area contributed by atoms with Gasteiger partial charge in [-0.05, 0) is 55.3 Å². The molecule has 0 unspecified atom stereocenters. The largest absolute Gasteiger partial charge is 0.416 e. The van der Waals surface area contributed by atoms with Crippen LogP contribution in [0, 0.1) is 11.8 Å². The molecule has 30 heavy (non-hydrogen) atoms. The lowest BCUT2D eigenvalue weighted by molar-refractivity contribution is -0.137. The monoisotopic (exact) mass is 436 g/mol. The average molecular weight is 436 g/mol. The summed E-state index contributed by atoms with van der Waals surface area (Å²) in [5, 5.41) is 0. The summed E-state index contributed by atoms with van der Waals surface area (Å²) in [6.45, 7) is 0.423. The summed E-state index contributed by atoms with van der Waals surface area (Å²) in [7, 11) is -4.12. The highest BCUT2D eigenvalue weighted by molar-refractivity contribution is 7.89. The Morgan fingerprint density at radius 3 is 2.47 bits per heavy atom. The number of hydrogen-bond donors (Lipinski definition) is 1. The van der Waals surface area contributed by atoms with Crippen LogP contribution in [0.1, 0.15) is 30.4 Å². The van der Waals surface area contributed by atoms with Gasteiger partial charge in [-0.25, -0.2) is 8.42 Å². The van der Waals surface area contributed by atoms with Crippen molar-refractivity contribution in [3.63, 3.8) is 0 Å². The Morgan fingerprint density at radius 1 is 1.07 bits per heavy atom. The fourth-order valence-corrected chi connectivity index (χ4v) is 3.97. The normalized spacial score (nSPS) is 14.9. The molecule has 1 aliphatic heterocycles. The lowest BCUT2D eigenvalue weighted by Gasteiger charge is -2.26. The molecule has 3 rings (SSSR count). The number of amides is 1. The summed E-state index contributed by atoms with van der Waals surface area (Å²) in [5.41, 5.74) is 0.376. The Bertz CT molecular complexity index is 1080. The number of benzene rings is 2. The smallest absolute Gasteiger partial charge is 0.312 e. The van der Waals surface area contributed by atoms with Crippen LogP contribution in [0.15, 0.2) is 53.4 Å². The molecule has 0 aliphatic carbocycles. The van der Waals surface area contributed by atoms with E-state index in [-0.39, 0.29) is 12.5 Å². The number of nitrogens with zero attached hydrogens (tertiary/aromatic N) is 1. The summed E-state index contributed by atoms with van der Waals surface area (Å²) >= 11 is 0. The Morgan fingerprint density at radius 2 is 1.80 bits per heavy atom. The van der Waals surface area contributed by atoms with E-state index in [0.717, 1.165) is 36.7 Å². The van der Waals surface area contributed by atoms with Gasteiger partial charge in [0, 0.05) is 24.2 Å². The van der Waals surface area contributed by atoms with Gasteiger partial charge < -0.3 is 4.90 Å². The van der Waals surface area contributed by atoms with Gasteiger partial charge in [0.15, 0.2) is 0 Å². The van der Waals surface area contributed by atoms with E-state index in [4.69, 9.17) is 0 Å². The van der Waals surface area contributed by atoms with E-state index >= 15 is 0 Å². The van der Waals surface area contributed by atoms with Crippen LogP contribution in [0.3, 0.4) is 0 Å². The lowest BCUT2D eigenvalue weighted by Crippen LogP contribution is -2.35. The molecular weight excluding hydrogens is 417 g/mol. The SMILES string of the molecule is O=C1CCCCN1c1ccc(C#CCNS(=O)(=O)c2cccc(C(F)(F)F)c2)cc1. The van der Waals surface area contributed by atoms with Gasteiger partial charge in [0.25, 0.3) is 0 Å². The molecular formula is C21H19F3N2O3S. The van der Waals surface area contributed by atoms with Crippen LogP contribution >= 0.6 is 0 Å². The van der Waals surface area contributed by atoms with E-state index in [1.165, 1.54) is 0 Å². The predicted octanol–water partition coefficient (Wildman–Crippen LogP) is 3.55. The number of piperidine rings is 1. The summed E-state index contributed by atoms with van der Waals surface area (Å²) in [6.07, 6.45) is -2.24. The first-order valence-electron chi connectivity index (χ1n) is 9.23. The number of anilines is 1. The van der Waals surface area contributed by atoms with Crippen LogP contribution < -0.4 is 9.62 Å². The van der Waals surface area contributed by atoms with Crippen molar-refractivity contribution < 1.29 is 26.4 Å². The van der Waals surface area contributed by atoms with Gasteiger partial charge in [0.1, 0.15) is 0 Å². The Kier molecular flexibility index (Phi) is 6.48. The first-order chi connectivity index (χ1) is 14.2. The topological polar surface area (TPSA) is 66.5 Å². The van der Waals surface area contributed by atoms with Crippen molar-refractivity contribution in [2.24, 2.45) is 0 Å². The lowest BCUT2D eigenvalue weighted by atomic mass is 10.1. The van der Waals surface area contributed by atoms with Crippen LogP contribution in [0.4, 0.5) is 18.9 Å². The Balaban J connectivity index is 1.62. The zero-order valence-electron chi connectivity index (χ0n) is 15.9. The second-order valence-electron chi connectivity index (χ2n) is 6.70.